The summed E-state index contributed by atoms with van der Waals surface area (Å²) in [6.07, 6.45) is 2.14. The van der Waals surface area contributed by atoms with Gasteiger partial charge < -0.3 is 10.6 Å². The Hall–Kier alpha value is -1.85. The highest BCUT2D eigenvalue weighted by Crippen LogP contribution is 2.23. The van der Waals surface area contributed by atoms with Crippen molar-refractivity contribution >= 4 is 17.5 Å². The average molecular weight is 361 g/mol. The van der Waals surface area contributed by atoms with E-state index in [1.807, 2.05) is 48.6 Å². The topological polar surface area (TPSA) is 64.2 Å². The van der Waals surface area contributed by atoms with E-state index in [-0.39, 0.29) is 11.9 Å². The summed E-state index contributed by atoms with van der Waals surface area (Å²) in [6, 6.07) is 6.11. The lowest BCUT2D eigenvalue weighted by atomic mass is 10.0. The summed E-state index contributed by atoms with van der Waals surface area (Å²) in [6.45, 7) is 7.43. The Morgan fingerprint density at radius 3 is 2.60 bits per heavy atom. The van der Waals surface area contributed by atoms with Crippen molar-refractivity contribution in [2.75, 3.05) is 13.1 Å². The third-order valence-corrected chi connectivity index (χ3v) is 5.47. The van der Waals surface area contributed by atoms with Gasteiger partial charge in [0, 0.05) is 35.4 Å². The lowest BCUT2D eigenvalue weighted by Crippen LogP contribution is -2.43. The molecule has 0 aliphatic carbocycles. The van der Waals surface area contributed by atoms with Crippen molar-refractivity contribution in [3.05, 3.63) is 45.7 Å². The molecule has 6 heteroatoms. The van der Waals surface area contributed by atoms with Crippen LogP contribution in [0.25, 0.3) is 5.69 Å². The van der Waals surface area contributed by atoms with Crippen molar-refractivity contribution in [2.24, 2.45) is 5.73 Å². The molecule has 1 aliphatic rings. The summed E-state index contributed by atoms with van der Waals surface area (Å²) in [5.74, 6) is 0.152. The predicted molar refractivity (Wildman–Crippen MR) is 100 cm³/mol. The number of benzene rings is 1. The van der Waals surface area contributed by atoms with Crippen LogP contribution >= 0.6 is 11.6 Å². The molecule has 25 heavy (non-hydrogen) atoms. The second-order valence-corrected chi connectivity index (χ2v) is 7.30. The zero-order valence-corrected chi connectivity index (χ0v) is 15.8. The first-order valence-electron chi connectivity index (χ1n) is 8.71. The lowest BCUT2D eigenvalue weighted by molar-refractivity contribution is -0.131. The van der Waals surface area contributed by atoms with Gasteiger partial charge in [-0.15, -0.1) is 0 Å². The van der Waals surface area contributed by atoms with Gasteiger partial charge in [-0.1, -0.05) is 17.7 Å². The van der Waals surface area contributed by atoms with Gasteiger partial charge in [-0.05, 0) is 51.3 Å². The standard InChI is InChI=1S/C19H25ClN4O/c1-12-4-5-16(10-18(12)20)24-14(3)17(13(2)22-24)11-19(25)23-8-6-15(21)7-9-23/h4-5,10,15H,6-9,11,21H2,1-3H3. The predicted octanol–water partition coefficient (Wildman–Crippen LogP) is 2.94. The second-order valence-electron chi connectivity index (χ2n) is 6.89. The van der Waals surface area contributed by atoms with Gasteiger partial charge in [0.2, 0.25) is 5.91 Å². The van der Waals surface area contributed by atoms with Gasteiger partial charge in [0.15, 0.2) is 0 Å². The molecule has 5 nitrogen and oxygen atoms in total. The van der Waals surface area contributed by atoms with Crippen LogP contribution in [0, 0.1) is 20.8 Å². The first-order chi connectivity index (χ1) is 11.9. The maximum absolute atomic E-state index is 12.7. The van der Waals surface area contributed by atoms with E-state index >= 15 is 0 Å². The second kappa shape index (κ2) is 7.18. The first kappa shape index (κ1) is 18.0. The number of halogens is 1. The highest BCUT2D eigenvalue weighted by Gasteiger charge is 2.23. The van der Waals surface area contributed by atoms with E-state index in [0.29, 0.717) is 11.4 Å². The van der Waals surface area contributed by atoms with E-state index in [1.165, 1.54) is 0 Å². The van der Waals surface area contributed by atoms with Gasteiger partial charge in [0.05, 0.1) is 17.8 Å². The Kier molecular flexibility index (Phi) is 5.16. The number of hydrogen-bond donors (Lipinski definition) is 1. The summed E-state index contributed by atoms with van der Waals surface area (Å²) >= 11 is 6.25. The zero-order chi connectivity index (χ0) is 18.1. The van der Waals surface area contributed by atoms with Crippen molar-refractivity contribution in [1.82, 2.24) is 14.7 Å². The lowest BCUT2D eigenvalue weighted by Gasteiger charge is -2.30. The molecule has 2 N–H and O–H groups in total. The molecule has 1 amide bonds. The average Bonchev–Trinajstić information content (AvgIpc) is 2.86. The largest absolute Gasteiger partial charge is 0.342 e. The van der Waals surface area contributed by atoms with Crippen molar-refractivity contribution in [1.29, 1.82) is 0 Å². The van der Waals surface area contributed by atoms with Crippen molar-refractivity contribution in [3.63, 3.8) is 0 Å². The number of likely N-dealkylation sites (tertiary alicyclic amines) is 1. The molecule has 3 rings (SSSR count). The molecule has 1 saturated heterocycles. The molecule has 0 bridgehead atoms. The van der Waals surface area contributed by atoms with Gasteiger partial charge in [-0.2, -0.15) is 5.10 Å². The molecule has 0 radical (unpaired) electrons. The minimum atomic E-state index is 0.152. The van der Waals surface area contributed by atoms with Crippen molar-refractivity contribution in [3.8, 4) is 5.69 Å². The maximum atomic E-state index is 12.7. The number of aromatic nitrogens is 2. The first-order valence-corrected chi connectivity index (χ1v) is 9.09. The summed E-state index contributed by atoms with van der Waals surface area (Å²) in [5.41, 5.74) is 10.7. The maximum Gasteiger partial charge on any atom is 0.227 e. The molecular weight excluding hydrogens is 336 g/mol. The summed E-state index contributed by atoms with van der Waals surface area (Å²) in [5, 5.41) is 5.34. The van der Waals surface area contributed by atoms with Crippen LogP contribution < -0.4 is 5.73 Å². The van der Waals surface area contributed by atoms with Crippen LogP contribution in [0.15, 0.2) is 18.2 Å². The minimum absolute atomic E-state index is 0.152. The van der Waals surface area contributed by atoms with Crippen LogP contribution in [0.4, 0.5) is 0 Å². The van der Waals surface area contributed by atoms with Gasteiger partial charge >= 0.3 is 0 Å². The molecule has 1 aromatic heterocycles. The van der Waals surface area contributed by atoms with Crippen molar-refractivity contribution < 1.29 is 4.79 Å². The number of nitrogens with zero attached hydrogens (tertiary/aromatic N) is 3. The molecule has 2 heterocycles. The molecule has 0 spiro atoms. The number of amides is 1. The van der Waals surface area contributed by atoms with Crippen LogP contribution in [0.1, 0.15) is 35.4 Å². The van der Waals surface area contributed by atoms with Crippen LogP contribution in [-0.4, -0.2) is 39.7 Å². The molecule has 0 saturated carbocycles. The molecule has 2 aromatic rings. The zero-order valence-electron chi connectivity index (χ0n) is 15.1. The highest BCUT2D eigenvalue weighted by atomic mass is 35.5. The number of hydrogen-bond acceptors (Lipinski definition) is 3. The molecule has 1 aromatic carbocycles. The van der Waals surface area contributed by atoms with E-state index in [9.17, 15) is 4.79 Å². The SMILES string of the molecule is Cc1ccc(-n2nc(C)c(CC(=O)N3CCC(N)CC3)c2C)cc1Cl. The Balaban J connectivity index is 1.82. The molecular formula is C19H25ClN4O. The normalized spacial score (nSPS) is 15.6. The Bertz CT molecular complexity index is 791. The third kappa shape index (κ3) is 3.72. The summed E-state index contributed by atoms with van der Waals surface area (Å²) in [4.78, 5) is 14.6. The fourth-order valence-corrected chi connectivity index (χ4v) is 3.48. The minimum Gasteiger partial charge on any atom is -0.342 e. The van der Waals surface area contributed by atoms with Gasteiger partial charge in [0.25, 0.3) is 0 Å². The van der Waals surface area contributed by atoms with E-state index in [2.05, 4.69) is 5.10 Å². The van der Waals surface area contributed by atoms with Gasteiger partial charge in [0.1, 0.15) is 0 Å². The molecule has 1 aliphatic heterocycles. The monoisotopic (exact) mass is 360 g/mol. The Morgan fingerprint density at radius 1 is 1.28 bits per heavy atom. The summed E-state index contributed by atoms with van der Waals surface area (Å²) < 4.78 is 1.87. The Morgan fingerprint density at radius 2 is 1.96 bits per heavy atom. The van der Waals surface area contributed by atoms with Crippen LogP contribution in [0.5, 0.6) is 0 Å². The van der Waals surface area contributed by atoms with E-state index in [1.54, 1.807) is 0 Å². The van der Waals surface area contributed by atoms with Gasteiger partial charge in [-0.25, -0.2) is 4.68 Å². The molecule has 134 valence electrons. The number of aryl methyl sites for hydroxylation is 2. The molecule has 1 fully saturated rings. The van der Waals surface area contributed by atoms with Crippen LogP contribution in [0.3, 0.4) is 0 Å². The number of piperidine rings is 1. The van der Waals surface area contributed by atoms with Crippen LogP contribution in [0.2, 0.25) is 5.02 Å². The fraction of sp³-hybridized carbons (Fsp3) is 0.474. The number of carbonyl (C=O) groups is 1. The van der Waals surface area contributed by atoms with Gasteiger partial charge in [-0.3, -0.25) is 4.79 Å². The van der Waals surface area contributed by atoms with E-state index in [4.69, 9.17) is 17.3 Å². The molecule has 0 unspecified atom stereocenters. The number of rotatable bonds is 3. The fourth-order valence-electron chi connectivity index (χ4n) is 3.31. The van der Waals surface area contributed by atoms with E-state index < -0.39 is 0 Å². The van der Waals surface area contributed by atoms with Crippen molar-refractivity contribution in [2.45, 2.75) is 46.1 Å². The summed E-state index contributed by atoms with van der Waals surface area (Å²) in [7, 11) is 0. The number of carbonyl (C=O) groups excluding carboxylic acids is 1. The van der Waals surface area contributed by atoms with Crippen LogP contribution in [-0.2, 0) is 11.2 Å². The third-order valence-electron chi connectivity index (χ3n) is 5.06. The smallest absolute Gasteiger partial charge is 0.227 e. The molecule has 0 atom stereocenters. The quantitative estimate of drug-likeness (QED) is 0.915. The van der Waals surface area contributed by atoms with E-state index in [0.717, 1.165) is 54.1 Å². The number of nitrogens with two attached hydrogens (primary N) is 1. The highest BCUT2D eigenvalue weighted by molar-refractivity contribution is 6.31. The Labute approximate surface area is 153 Å².